The third-order valence-corrected chi connectivity index (χ3v) is 1.39. The molecule has 0 aliphatic heterocycles. The Bertz CT molecular complexity index is 131. The molecule has 0 saturated carbocycles. The van der Waals surface area contributed by atoms with Crippen LogP contribution in [0.15, 0.2) is 0 Å². The van der Waals surface area contributed by atoms with Crippen molar-refractivity contribution < 1.29 is 9.47 Å². The SMILES string of the molecule is CCOCC(C)OCCCC#N. The van der Waals surface area contributed by atoms with Crippen LogP contribution in [-0.2, 0) is 9.47 Å². The molecule has 0 aromatic rings. The van der Waals surface area contributed by atoms with E-state index in [4.69, 9.17) is 14.7 Å². The third kappa shape index (κ3) is 7.52. The van der Waals surface area contributed by atoms with Gasteiger partial charge in [0, 0.05) is 19.6 Å². The Morgan fingerprint density at radius 3 is 2.83 bits per heavy atom. The first-order chi connectivity index (χ1) is 5.81. The molecule has 1 atom stereocenters. The summed E-state index contributed by atoms with van der Waals surface area (Å²) >= 11 is 0. The molecule has 0 spiro atoms. The molecular formula is C9H17NO2. The van der Waals surface area contributed by atoms with E-state index in [1.165, 1.54) is 0 Å². The molecule has 70 valence electrons. The van der Waals surface area contributed by atoms with Crippen LogP contribution in [0.25, 0.3) is 0 Å². The zero-order valence-corrected chi connectivity index (χ0v) is 7.88. The normalized spacial score (nSPS) is 12.4. The van der Waals surface area contributed by atoms with Crippen molar-refractivity contribution in [3.05, 3.63) is 0 Å². The van der Waals surface area contributed by atoms with E-state index in [2.05, 4.69) is 6.07 Å². The van der Waals surface area contributed by atoms with Gasteiger partial charge in [-0.1, -0.05) is 0 Å². The van der Waals surface area contributed by atoms with E-state index in [-0.39, 0.29) is 6.10 Å². The Labute approximate surface area is 74.3 Å². The van der Waals surface area contributed by atoms with Crippen LogP contribution in [0.4, 0.5) is 0 Å². The summed E-state index contributed by atoms with van der Waals surface area (Å²) in [4.78, 5) is 0. The molecule has 0 aromatic heterocycles. The van der Waals surface area contributed by atoms with Crippen LogP contribution in [0, 0.1) is 11.3 Å². The molecule has 0 radical (unpaired) electrons. The Kier molecular flexibility index (Phi) is 8.09. The molecule has 3 heteroatoms. The summed E-state index contributed by atoms with van der Waals surface area (Å²) in [5, 5.41) is 8.24. The summed E-state index contributed by atoms with van der Waals surface area (Å²) < 4.78 is 10.5. The molecule has 0 rings (SSSR count). The molecule has 1 unspecified atom stereocenters. The molecule has 12 heavy (non-hydrogen) atoms. The van der Waals surface area contributed by atoms with Gasteiger partial charge in [-0.3, -0.25) is 0 Å². The van der Waals surface area contributed by atoms with Gasteiger partial charge in [0.2, 0.25) is 0 Å². The van der Waals surface area contributed by atoms with E-state index in [0.717, 1.165) is 13.0 Å². The second-order valence-electron chi connectivity index (χ2n) is 2.60. The minimum Gasteiger partial charge on any atom is -0.379 e. The van der Waals surface area contributed by atoms with E-state index in [1.54, 1.807) is 0 Å². The highest BCUT2D eigenvalue weighted by molar-refractivity contribution is 4.67. The van der Waals surface area contributed by atoms with Crippen molar-refractivity contribution in [3.8, 4) is 6.07 Å². The second-order valence-corrected chi connectivity index (χ2v) is 2.60. The number of unbranched alkanes of at least 4 members (excludes halogenated alkanes) is 1. The van der Waals surface area contributed by atoms with E-state index in [0.29, 0.717) is 19.6 Å². The van der Waals surface area contributed by atoms with E-state index < -0.39 is 0 Å². The zero-order chi connectivity index (χ0) is 9.23. The lowest BCUT2D eigenvalue weighted by Gasteiger charge is -2.11. The molecule has 0 heterocycles. The van der Waals surface area contributed by atoms with Gasteiger partial charge in [-0.2, -0.15) is 5.26 Å². The molecule has 3 nitrogen and oxygen atoms in total. The summed E-state index contributed by atoms with van der Waals surface area (Å²) in [6, 6.07) is 2.07. The summed E-state index contributed by atoms with van der Waals surface area (Å²) in [7, 11) is 0. The Morgan fingerprint density at radius 2 is 2.25 bits per heavy atom. The summed E-state index contributed by atoms with van der Waals surface area (Å²) in [5.41, 5.74) is 0. The Balaban J connectivity index is 3.09. The Morgan fingerprint density at radius 1 is 1.50 bits per heavy atom. The van der Waals surface area contributed by atoms with Gasteiger partial charge in [0.1, 0.15) is 0 Å². The van der Waals surface area contributed by atoms with Crippen molar-refractivity contribution in [2.75, 3.05) is 19.8 Å². The standard InChI is InChI=1S/C9H17NO2/c1-3-11-8-9(2)12-7-5-4-6-10/h9H,3-5,7-8H2,1-2H3. The summed E-state index contributed by atoms with van der Waals surface area (Å²) in [5.74, 6) is 0. The number of ether oxygens (including phenoxy) is 2. The fraction of sp³-hybridized carbons (Fsp3) is 0.889. The Hall–Kier alpha value is -0.590. The first kappa shape index (κ1) is 11.4. The van der Waals surface area contributed by atoms with Gasteiger partial charge in [0.25, 0.3) is 0 Å². The van der Waals surface area contributed by atoms with Gasteiger partial charge in [0.05, 0.1) is 18.8 Å². The van der Waals surface area contributed by atoms with Crippen LogP contribution in [0.5, 0.6) is 0 Å². The lowest BCUT2D eigenvalue weighted by Crippen LogP contribution is -2.16. The molecule has 0 N–H and O–H groups in total. The van der Waals surface area contributed by atoms with E-state index in [9.17, 15) is 0 Å². The first-order valence-corrected chi connectivity index (χ1v) is 4.37. The van der Waals surface area contributed by atoms with Crippen LogP contribution in [-0.4, -0.2) is 25.9 Å². The number of nitriles is 1. The van der Waals surface area contributed by atoms with Gasteiger partial charge in [0.15, 0.2) is 0 Å². The lowest BCUT2D eigenvalue weighted by molar-refractivity contribution is -0.00372. The topological polar surface area (TPSA) is 42.2 Å². The fourth-order valence-corrected chi connectivity index (χ4v) is 0.768. The highest BCUT2D eigenvalue weighted by Gasteiger charge is 2.00. The predicted molar refractivity (Wildman–Crippen MR) is 46.8 cm³/mol. The molecule has 0 aliphatic carbocycles. The third-order valence-electron chi connectivity index (χ3n) is 1.39. The van der Waals surface area contributed by atoms with Gasteiger partial charge >= 0.3 is 0 Å². The van der Waals surface area contributed by atoms with Gasteiger partial charge < -0.3 is 9.47 Å². The minimum absolute atomic E-state index is 0.142. The average molecular weight is 171 g/mol. The van der Waals surface area contributed by atoms with E-state index in [1.807, 2.05) is 13.8 Å². The highest BCUT2D eigenvalue weighted by Crippen LogP contribution is 1.95. The van der Waals surface area contributed by atoms with Crippen LogP contribution < -0.4 is 0 Å². The van der Waals surface area contributed by atoms with Crippen molar-refractivity contribution >= 4 is 0 Å². The minimum atomic E-state index is 0.142. The molecule has 0 bridgehead atoms. The van der Waals surface area contributed by atoms with Gasteiger partial charge in [-0.15, -0.1) is 0 Å². The lowest BCUT2D eigenvalue weighted by atomic mass is 10.3. The maximum atomic E-state index is 8.24. The molecule has 0 fully saturated rings. The molecule has 0 amide bonds. The maximum Gasteiger partial charge on any atom is 0.0780 e. The number of rotatable bonds is 7. The quantitative estimate of drug-likeness (QED) is 0.548. The molecular weight excluding hydrogens is 154 g/mol. The van der Waals surface area contributed by atoms with Crippen molar-refractivity contribution in [2.24, 2.45) is 0 Å². The fourth-order valence-electron chi connectivity index (χ4n) is 0.768. The summed E-state index contributed by atoms with van der Waals surface area (Å²) in [6.45, 7) is 5.96. The maximum absolute atomic E-state index is 8.24. The molecule has 0 aromatic carbocycles. The van der Waals surface area contributed by atoms with Gasteiger partial charge in [-0.25, -0.2) is 0 Å². The molecule has 0 aliphatic rings. The largest absolute Gasteiger partial charge is 0.379 e. The predicted octanol–water partition coefficient (Wildman–Crippen LogP) is 1.73. The van der Waals surface area contributed by atoms with Crippen molar-refractivity contribution in [2.45, 2.75) is 32.8 Å². The van der Waals surface area contributed by atoms with Gasteiger partial charge in [-0.05, 0) is 20.3 Å². The van der Waals surface area contributed by atoms with Crippen molar-refractivity contribution in [1.29, 1.82) is 5.26 Å². The van der Waals surface area contributed by atoms with Crippen molar-refractivity contribution in [1.82, 2.24) is 0 Å². The van der Waals surface area contributed by atoms with Crippen LogP contribution in [0.3, 0.4) is 0 Å². The number of hydrogen-bond acceptors (Lipinski definition) is 3. The van der Waals surface area contributed by atoms with Crippen LogP contribution >= 0.6 is 0 Å². The van der Waals surface area contributed by atoms with E-state index >= 15 is 0 Å². The number of hydrogen-bond donors (Lipinski definition) is 0. The average Bonchev–Trinajstić information content (AvgIpc) is 2.09. The number of nitrogens with zero attached hydrogens (tertiary/aromatic N) is 1. The molecule has 0 saturated heterocycles. The van der Waals surface area contributed by atoms with Crippen molar-refractivity contribution in [3.63, 3.8) is 0 Å². The first-order valence-electron chi connectivity index (χ1n) is 4.37. The zero-order valence-electron chi connectivity index (χ0n) is 7.88. The summed E-state index contributed by atoms with van der Waals surface area (Å²) in [6.07, 6.45) is 1.53. The smallest absolute Gasteiger partial charge is 0.0780 e. The highest BCUT2D eigenvalue weighted by atomic mass is 16.5. The second kappa shape index (κ2) is 8.51. The van der Waals surface area contributed by atoms with Crippen LogP contribution in [0.2, 0.25) is 0 Å². The van der Waals surface area contributed by atoms with Crippen LogP contribution in [0.1, 0.15) is 26.7 Å². The monoisotopic (exact) mass is 171 g/mol.